The second-order valence-electron chi connectivity index (χ2n) is 7.44. The summed E-state index contributed by atoms with van der Waals surface area (Å²) in [5, 5.41) is 8.52. The van der Waals surface area contributed by atoms with Gasteiger partial charge in [-0.05, 0) is 39.2 Å². The molecule has 1 fully saturated rings. The minimum Gasteiger partial charge on any atom is -0.363 e. The number of carbonyl (C=O) groups excluding carboxylic acids is 1. The van der Waals surface area contributed by atoms with Crippen molar-refractivity contribution in [2.24, 2.45) is 10.8 Å². The number of piperidine rings is 1. The number of rotatable bonds is 4. The number of nitrogens with one attached hydrogen (secondary N) is 1. The molecule has 1 saturated heterocycles. The fourth-order valence-electron chi connectivity index (χ4n) is 3.72. The minimum absolute atomic E-state index is 0.323. The number of nitrogens with two attached hydrogens (primary N) is 1. The Morgan fingerprint density at radius 2 is 2.08 bits per heavy atom. The van der Waals surface area contributed by atoms with E-state index in [0.29, 0.717) is 23.7 Å². The molecule has 1 unspecified atom stereocenters. The molecular formula is C20H30N5O+. The molecule has 2 amide bonds. The van der Waals surface area contributed by atoms with Gasteiger partial charge in [0.1, 0.15) is 19.3 Å². The van der Waals surface area contributed by atoms with Crippen LogP contribution in [0.4, 0.5) is 4.79 Å². The van der Waals surface area contributed by atoms with Crippen LogP contribution in [0.2, 0.25) is 0 Å². The molecule has 0 spiro atoms. The maximum atomic E-state index is 11.2. The number of primary amides is 1. The number of likely N-dealkylation sites (tertiary alicyclic amines) is 1. The summed E-state index contributed by atoms with van der Waals surface area (Å²) in [6, 6.07) is 6.64. The summed E-state index contributed by atoms with van der Waals surface area (Å²) < 4.78 is 0.590. The fraction of sp³-hybridized carbons (Fsp3) is 0.500. The van der Waals surface area contributed by atoms with Crippen LogP contribution in [0.15, 0.2) is 35.6 Å². The van der Waals surface area contributed by atoms with Crippen molar-refractivity contribution in [2.75, 3.05) is 19.6 Å². The van der Waals surface area contributed by atoms with Gasteiger partial charge in [0.2, 0.25) is 0 Å². The zero-order chi connectivity index (χ0) is 18.7. The van der Waals surface area contributed by atoms with Crippen molar-refractivity contribution in [2.45, 2.75) is 46.2 Å². The normalized spacial score (nSPS) is 23.2. The van der Waals surface area contributed by atoms with Crippen LogP contribution in [-0.4, -0.2) is 47.0 Å². The van der Waals surface area contributed by atoms with Gasteiger partial charge in [-0.3, -0.25) is 0 Å². The number of hydrogen-bond acceptors (Lipinski definition) is 3. The third kappa shape index (κ3) is 4.07. The lowest BCUT2D eigenvalue weighted by Gasteiger charge is -2.31. The summed E-state index contributed by atoms with van der Waals surface area (Å²) in [5.74, 6) is 0.939. The third-order valence-corrected chi connectivity index (χ3v) is 5.47. The zero-order valence-corrected chi connectivity index (χ0v) is 16.0. The lowest BCUT2D eigenvalue weighted by atomic mass is 10.1. The smallest absolute Gasteiger partial charge is 0.314 e. The summed E-state index contributed by atoms with van der Waals surface area (Å²) in [4.78, 5) is 12.9. The van der Waals surface area contributed by atoms with Gasteiger partial charge in [0.05, 0.1) is 0 Å². The van der Waals surface area contributed by atoms with Gasteiger partial charge in [0.25, 0.3) is 0 Å². The molecule has 1 aromatic carbocycles. The van der Waals surface area contributed by atoms with Crippen LogP contribution in [0.25, 0.3) is 0 Å². The summed E-state index contributed by atoms with van der Waals surface area (Å²) in [6.45, 7) is 9.66. The van der Waals surface area contributed by atoms with E-state index in [4.69, 9.17) is 10.8 Å². The van der Waals surface area contributed by atoms with Crippen molar-refractivity contribution in [1.29, 1.82) is 0 Å². The van der Waals surface area contributed by atoms with Crippen molar-refractivity contribution in [3.8, 4) is 0 Å². The number of urea groups is 1. The van der Waals surface area contributed by atoms with E-state index in [-0.39, 0.29) is 6.03 Å². The molecule has 3 rings (SSSR count). The van der Waals surface area contributed by atoms with E-state index < -0.39 is 0 Å². The average molecular weight is 356 g/mol. The van der Waals surface area contributed by atoms with Gasteiger partial charge in [-0.1, -0.05) is 28.9 Å². The Bertz CT molecular complexity index is 734. The van der Waals surface area contributed by atoms with E-state index in [1.807, 2.05) is 0 Å². The average Bonchev–Trinajstić information content (AvgIpc) is 3.01. The molecular weight excluding hydrogens is 326 g/mol. The Morgan fingerprint density at radius 3 is 2.69 bits per heavy atom. The first-order valence-corrected chi connectivity index (χ1v) is 9.44. The highest BCUT2D eigenvalue weighted by atomic mass is 16.2. The van der Waals surface area contributed by atoms with Crippen molar-refractivity contribution in [1.82, 2.24) is 10.2 Å². The molecule has 0 aromatic heterocycles. The third-order valence-electron chi connectivity index (χ3n) is 5.47. The van der Waals surface area contributed by atoms with Crippen molar-refractivity contribution in [3.63, 3.8) is 0 Å². The van der Waals surface area contributed by atoms with Crippen LogP contribution in [-0.2, 0) is 6.54 Å². The fourth-order valence-corrected chi connectivity index (χ4v) is 3.72. The highest BCUT2D eigenvalue weighted by Crippen LogP contribution is 2.24. The van der Waals surface area contributed by atoms with Crippen LogP contribution in [0.3, 0.4) is 0 Å². The van der Waals surface area contributed by atoms with Crippen LogP contribution in [0, 0.1) is 13.8 Å². The van der Waals surface area contributed by atoms with Crippen LogP contribution < -0.4 is 11.1 Å². The Morgan fingerprint density at radius 1 is 1.35 bits per heavy atom. The van der Waals surface area contributed by atoms with Crippen LogP contribution >= 0.6 is 0 Å². The SMILES string of the molecule is CC[N+]1(Cc2ccc(C)cc2C)C=CC(NC2CCN(C(N)=O)CC2)=N1. The first-order chi connectivity index (χ1) is 12.4. The molecule has 6 nitrogen and oxygen atoms in total. The van der Waals surface area contributed by atoms with E-state index in [9.17, 15) is 4.79 Å². The Labute approximate surface area is 155 Å². The van der Waals surface area contributed by atoms with Gasteiger partial charge in [-0.15, -0.1) is 0 Å². The minimum atomic E-state index is -0.323. The van der Waals surface area contributed by atoms with Crippen LogP contribution in [0.5, 0.6) is 0 Å². The first kappa shape index (κ1) is 18.5. The molecule has 0 radical (unpaired) electrons. The van der Waals surface area contributed by atoms with E-state index in [1.54, 1.807) is 4.90 Å². The maximum absolute atomic E-state index is 11.2. The topological polar surface area (TPSA) is 70.7 Å². The van der Waals surface area contributed by atoms with Gasteiger partial charge in [-0.2, -0.15) is 4.59 Å². The van der Waals surface area contributed by atoms with Crippen molar-refractivity contribution in [3.05, 3.63) is 47.2 Å². The molecule has 2 aliphatic rings. The molecule has 140 valence electrons. The highest BCUT2D eigenvalue weighted by molar-refractivity contribution is 5.93. The standard InChI is InChI=1S/C20H29N5O/c1-4-25(14-17-6-5-15(2)13-16(17)3)12-9-19(23-25)22-18-7-10-24(11-8-18)20(21)26/h5-6,9,12-13,18H,4,7-8,10-11,14H2,1-3H3,(H2-,21,22,23,26)/p+1. The molecule has 2 aliphatic heterocycles. The van der Waals surface area contributed by atoms with Gasteiger partial charge >= 0.3 is 6.03 Å². The Kier molecular flexibility index (Phi) is 5.32. The number of benzene rings is 1. The number of nitrogens with zero attached hydrogens (tertiary/aromatic N) is 3. The zero-order valence-electron chi connectivity index (χ0n) is 16.0. The molecule has 0 saturated carbocycles. The Balaban J connectivity index is 1.65. The number of hydrogen-bond donors (Lipinski definition) is 2. The van der Waals surface area contributed by atoms with E-state index >= 15 is 0 Å². The molecule has 1 atom stereocenters. The Hall–Kier alpha value is -2.34. The molecule has 6 heteroatoms. The molecule has 3 N–H and O–H groups in total. The molecule has 2 heterocycles. The van der Waals surface area contributed by atoms with Gasteiger partial charge in [0, 0.05) is 30.8 Å². The monoisotopic (exact) mass is 356 g/mol. The predicted octanol–water partition coefficient (Wildman–Crippen LogP) is 2.61. The second kappa shape index (κ2) is 7.50. The maximum Gasteiger partial charge on any atom is 0.314 e. The number of carbonyl (C=O) groups is 1. The quantitative estimate of drug-likeness (QED) is 0.814. The molecule has 0 aliphatic carbocycles. The summed E-state index contributed by atoms with van der Waals surface area (Å²) in [7, 11) is 0. The number of quaternary nitrogens is 1. The predicted molar refractivity (Wildman–Crippen MR) is 104 cm³/mol. The molecule has 26 heavy (non-hydrogen) atoms. The summed E-state index contributed by atoms with van der Waals surface area (Å²) in [5.41, 5.74) is 9.30. The van der Waals surface area contributed by atoms with Crippen molar-refractivity contribution < 1.29 is 9.39 Å². The largest absolute Gasteiger partial charge is 0.363 e. The molecule has 1 aromatic rings. The highest BCUT2D eigenvalue weighted by Gasteiger charge is 2.31. The van der Waals surface area contributed by atoms with E-state index in [0.717, 1.165) is 31.8 Å². The van der Waals surface area contributed by atoms with Gasteiger partial charge in [-0.25, -0.2) is 4.79 Å². The van der Waals surface area contributed by atoms with Gasteiger partial charge in [0.15, 0.2) is 5.84 Å². The number of amidine groups is 1. The van der Waals surface area contributed by atoms with Crippen LogP contribution in [0.1, 0.15) is 36.5 Å². The van der Waals surface area contributed by atoms with E-state index in [1.165, 1.54) is 16.7 Å². The molecule has 0 bridgehead atoms. The summed E-state index contributed by atoms with van der Waals surface area (Å²) in [6.07, 6.45) is 6.08. The van der Waals surface area contributed by atoms with E-state index in [2.05, 4.69) is 56.6 Å². The number of aryl methyl sites for hydroxylation is 2. The first-order valence-electron chi connectivity index (χ1n) is 9.44. The number of amides is 2. The lowest BCUT2D eigenvalue weighted by molar-refractivity contribution is -0.895. The summed E-state index contributed by atoms with van der Waals surface area (Å²) >= 11 is 0. The van der Waals surface area contributed by atoms with Gasteiger partial charge < -0.3 is 16.0 Å². The van der Waals surface area contributed by atoms with Crippen molar-refractivity contribution >= 4 is 11.9 Å². The lowest BCUT2D eigenvalue weighted by Crippen LogP contribution is -2.48. The second-order valence-corrected chi connectivity index (χ2v) is 7.44.